The maximum absolute atomic E-state index is 14.5. The molecule has 6 aromatic rings. The number of sulfonamides is 1. The lowest BCUT2D eigenvalue weighted by Crippen LogP contribution is -2.59. The summed E-state index contributed by atoms with van der Waals surface area (Å²) in [6, 6.07) is 31.3. The Morgan fingerprint density at radius 1 is 0.800 bits per heavy atom. The summed E-state index contributed by atoms with van der Waals surface area (Å²) in [4.78, 5) is 73.1. The molecule has 0 saturated carbocycles. The first-order valence-corrected chi connectivity index (χ1v) is 40.9. The number of hydrogen-bond donors (Lipinski definition) is 5. The predicted molar refractivity (Wildman–Crippen MR) is 405 cm³/mol. The Labute approximate surface area is 627 Å². The van der Waals surface area contributed by atoms with E-state index in [1.807, 2.05) is 112 Å². The number of aliphatic hydroxyl groups is 1. The average molecular weight is 1540 g/mol. The third-order valence-electron chi connectivity index (χ3n) is 20.6. The zero-order chi connectivity index (χ0) is 75.0. The first kappa shape index (κ1) is 79.1. The van der Waals surface area contributed by atoms with Gasteiger partial charge in [0.2, 0.25) is 17.7 Å². The summed E-state index contributed by atoms with van der Waals surface area (Å²) in [5, 5.41) is 20.7. The highest BCUT2D eigenvalue weighted by molar-refractivity contribution is 7.99. The number of ether oxygens (including phenoxy) is 1. The Morgan fingerprint density at radius 2 is 1.46 bits per heavy atom. The van der Waals surface area contributed by atoms with Crippen LogP contribution in [0.5, 0.6) is 0 Å². The number of likely N-dealkylation sites (tertiary alicyclic amines) is 1. The van der Waals surface area contributed by atoms with Crippen LogP contribution in [0.25, 0.3) is 16.0 Å². The number of aromatic nitrogens is 1. The topological polar surface area (TPSA) is 246 Å². The molecule has 21 nitrogen and oxygen atoms in total. The number of morpholine rings is 1. The molecule has 5 heterocycles. The SMILES string of the molecule is Cc1ncsc1-c1ccc([C@H](C)NC(=O)[C@@H]2C[C@@H](O)CN2C(=O)[C@@H](NC(=O)CN2CCN(CC3(C)CCC(c4ccc(Cl)cc4)=C(CN4CCN(c5ccc(C(=O)NS(=O)(=O)c6ccc(N[C@H](CCN7CCOCC7)CSc7ccccc7)c(S(=O)(=O)C(F)(F)F)c6)cc5)CC4)C3)CC2)C(C)(C)C)cc1. The van der Waals surface area contributed by atoms with Gasteiger partial charge in [-0.2, -0.15) is 13.2 Å². The van der Waals surface area contributed by atoms with Crippen molar-refractivity contribution in [1.82, 2.24) is 44.8 Å². The number of rotatable bonds is 26. The van der Waals surface area contributed by atoms with E-state index < -0.39 is 82.3 Å². The summed E-state index contributed by atoms with van der Waals surface area (Å²) in [5.74, 6) is -1.79. The molecule has 566 valence electrons. The molecule has 29 heteroatoms. The van der Waals surface area contributed by atoms with Crippen molar-refractivity contribution in [2.45, 2.75) is 124 Å². The molecule has 11 rings (SSSR count). The van der Waals surface area contributed by atoms with Crippen LogP contribution in [0.15, 0.2) is 147 Å². The number of allylic oxidation sites excluding steroid dienone is 1. The highest BCUT2D eigenvalue weighted by Gasteiger charge is 2.49. The van der Waals surface area contributed by atoms with Crippen LogP contribution in [0.1, 0.15) is 99.9 Å². The lowest BCUT2D eigenvalue weighted by Gasteiger charge is -2.44. The molecule has 0 radical (unpaired) electrons. The summed E-state index contributed by atoms with van der Waals surface area (Å²) >= 11 is 9.41. The molecule has 4 fully saturated rings. The molecule has 6 atom stereocenters. The maximum atomic E-state index is 14.5. The molecule has 0 bridgehead atoms. The Kier molecular flexibility index (Phi) is 25.7. The normalized spacial score (nSPS) is 20.9. The summed E-state index contributed by atoms with van der Waals surface area (Å²) < 4.78 is 105. The first-order valence-electron chi connectivity index (χ1n) is 35.7. The summed E-state index contributed by atoms with van der Waals surface area (Å²) in [6.07, 6.45) is 2.31. The molecule has 0 spiro atoms. The molecule has 4 saturated heterocycles. The van der Waals surface area contributed by atoms with E-state index in [0.29, 0.717) is 82.3 Å². The molecule has 5 aliphatic rings. The van der Waals surface area contributed by atoms with E-state index in [4.69, 9.17) is 16.3 Å². The molecule has 4 aliphatic heterocycles. The highest BCUT2D eigenvalue weighted by atomic mass is 35.5. The lowest BCUT2D eigenvalue weighted by atomic mass is 9.71. The number of nitrogens with zero attached hydrogens (tertiary/aromatic N) is 7. The van der Waals surface area contributed by atoms with E-state index in [-0.39, 0.29) is 48.3 Å². The van der Waals surface area contributed by atoms with E-state index in [1.54, 1.807) is 23.5 Å². The van der Waals surface area contributed by atoms with Gasteiger partial charge in [0.05, 0.1) is 58.6 Å². The number of hydrogen-bond acceptors (Lipinski definition) is 19. The van der Waals surface area contributed by atoms with Crippen LogP contribution in [0, 0.1) is 17.8 Å². The minimum absolute atomic E-state index is 0.0266. The molecule has 5 aromatic carbocycles. The fraction of sp³-hybridized carbons (Fsp3) is 0.487. The fourth-order valence-electron chi connectivity index (χ4n) is 14.6. The van der Waals surface area contributed by atoms with Gasteiger partial charge < -0.3 is 40.5 Å². The van der Waals surface area contributed by atoms with Gasteiger partial charge in [-0.25, -0.2) is 26.5 Å². The lowest BCUT2D eigenvalue weighted by molar-refractivity contribution is -0.144. The zero-order valence-electron chi connectivity index (χ0n) is 60.2. The number of carbonyl (C=O) groups is 4. The van der Waals surface area contributed by atoms with Gasteiger partial charge >= 0.3 is 5.51 Å². The maximum Gasteiger partial charge on any atom is 0.501 e. The van der Waals surface area contributed by atoms with E-state index in [9.17, 15) is 54.3 Å². The summed E-state index contributed by atoms with van der Waals surface area (Å²) in [5.41, 5.74) is 2.28. The molecule has 1 unspecified atom stereocenters. The van der Waals surface area contributed by atoms with Crippen molar-refractivity contribution in [3.8, 4) is 10.4 Å². The molecular weight excluding hydrogens is 1450 g/mol. The van der Waals surface area contributed by atoms with Crippen LogP contribution < -0.4 is 25.6 Å². The molecule has 105 heavy (non-hydrogen) atoms. The molecule has 4 amide bonds. The van der Waals surface area contributed by atoms with Gasteiger partial charge in [-0.1, -0.05) is 99.5 Å². The zero-order valence-corrected chi connectivity index (χ0v) is 64.2. The van der Waals surface area contributed by atoms with Crippen molar-refractivity contribution < 1.29 is 59.0 Å². The van der Waals surface area contributed by atoms with Crippen LogP contribution >= 0.6 is 34.7 Å². The number of halogens is 4. The van der Waals surface area contributed by atoms with Crippen molar-refractivity contribution in [3.05, 3.63) is 160 Å². The second-order valence-electron chi connectivity index (χ2n) is 29.6. The third-order valence-corrected chi connectivity index (χ3v) is 25.8. The molecular formula is C76H95ClF3N11O10S4. The number of thioether (sulfide) groups is 1. The summed E-state index contributed by atoms with van der Waals surface area (Å²) in [6.45, 7) is 22.0. The average Bonchev–Trinajstić information content (AvgIpc) is 1.37. The van der Waals surface area contributed by atoms with E-state index >= 15 is 0 Å². The van der Waals surface area contributed by atoms with Gasteiger partial charge in [0.25, 0.3) is 25.8 Å². The van der Waals surface area contributed by atoms with Crippen LogP contribution in [0.2, 0.25) is 5.02 Å². The molecule has 1 aliphatic carbocycles. The highest BCUT2D eigenvalue weighted by Crippen LogP contribution is 2.45. The van der Waals surface area contributed by atoms with Gasteiger partial charge in [0.1, 0.15) is 17.0 Å². The van der Waals surface area contributed by atoms with Gasteiger partial charge in [0.15, 0.2) is 0 Å². The van der Waals surface area contributed by atoms with E-state index in [0.717, 1.165) is 109 Å². The van der Waals surface area contributed by atoms with Crippen molar-refractivity contribution >= 4 is 95.1 Å². The number of nitrogens with one attached hydrogen (secondary N) is 4. The number of thiazole rings is 1. The van der Waals surface area contributed by atoms with Crippen molar-refractivity contribution in [3.63, 3.8) is 0 Å². The number of piperazine rings is 2. The number of aliphatic hydroxyl groups excluding tert-OH is 1. The number of β-amino-alcohol motifs (C(OH)–C–C–N with tert-alkyl or cyclic N) is 1. The van der Waals surface area contributed by atoms with Gasteiger partial charge in [-0.05, 0) is 139 Å². The number of sulfone groups is 1. The Morgan fingerprint density at radius 3 is 2.10 bits per heavy atom. The second-order valence-corrected chi connectivity index (χ2v) is 35.5. The van der Waals surface area contributed by atoms with Crippen molar-refractivity contribution in [2.75, 3.05) is 127 Å². The van der Waals surface area contributed by atoms with Crippen LogP contribution in [0.3, 0.4) is 0 Å². The van der Waals surface area contributed by atoms with Crippen LogP contribution in [-0.2, 0) is 39.0 Å². The van der Waals surface area contributed by atoms with E-state index in [2.05, 4.69) is 64.5 Å². The van der Waals surface area contributed by atoms with Gasteiger partial charge in [-0.3, -0.25) is 33.9 Å². The number of benzene rings is 5. The standard InChI is InChI=1S/C76H95ClF3N11O10S4/c1-51(53-12-14-55(15-13-53)69-52(2)81-50-103-69)82-72(95)66-42-61(92)46-91(66)73(96)70(74(3,4)5)84-68(93)47-88-30-32-89(33-31-88)49-75(6)28-26-64(54-16-20-58(77)21-17-54)57(44-75)45-87-34-36-90(37-35-87)60-22-18-56(19-23-60)71(94)85-105(99,100)63-24-25-65(67(43-63)104(97,98)76(78,79)80)83-59(27-29-86-38-40-101-41-39-86)48-102-62-10-8-7-9-11-62/h7-25,43,50-51,59,61,66,70,83,92H,26-42,44-49H2,1-6H3,(H,82,95)(H,84,93)(H,85,94)/t51-,59+,61+,66-,70+,75?/m0/s1. The second kappa shape index (κ2) is 34.1. The Balaban J connectivity index is 0.670. The smallest absolute Gasteiger partial charge is 0.391 e. The Bertz CT molecular complexity index is 4280. The Hall–Kier alpha value is -6.96. The number of anilines is 2. The van der Waals surface area contributed by atoms with Crippen molar-refractivity contribution in [2.24, 2.45) is 10.8 Å². The molecule has 5 N–H and O–H groups in total. The van der Waals surface area contributed by atoms with Gasteiger partial charge in [-0.15, -0.1) is 23.1 Å². The number of carbonyl (C=O) groups excluding carboxylic acids is 4. The number of aryl methyl sites for hydroxylation is 1. The monoisotopic (exact) mass is 1540 g/mol. The summed E-state index contributed by atoms with van der Waals surface area (Å²) in [7, 11) is -11.0. The fourth-order valence-corrected chi connectivity index (χ4v) is 18.6. The number of amides is 4. The van der Waals surface area contributed by atoms with Crippen molar-refractivity contribution in [1.29, 1.82) is 0 Å². The third kappa shape index (κ3) is 20.3. The minimum Gasteiger partial charge on any atom is -0.391 e. The molecule has 1 aromatic heterocycles. The minimum atomic E-state index is -6.11. The largest absolute Gasteiger partial charge is 0.501 e. The number of alkyl halides is 3. The first-order chi connectivity index (χ1) is 49.9. The van der Waals surface area contributed by atoms with E-state index in [1.165, 1.54) is 39.9 Å². The van der Waals surface area contributed by atoms with Gasteiger partial charge in [0, 0.05) is 131 Å². The predicted octanol–water partition coefficient (Wildman–Crippen LogP) is 10.2. The van der Waals surface area contributed by atoms with Crippen LogP contribution in [-0.4, -0.2) is 222 Å². The quantitative estimate of drug-likeness (QED) is 0.0317. The van der Waals surface area contributed by atoms with Crippen LogP contribution in [0.4, 0.5) is 24.5 Å².